The van der Waals surface area contributed by atoms with Crippen molar-refractivity contribution in [1.82, 2.24) is 15.0 Å². The Morgan fingerprint density at radius 3 is 0.950 bits per heavy atom. The maximum Gasteiger partial charge on any atom is 0.0708 e. The summed E-state index contributed by atoms with van der Waals surface area (Å²) in [6.07, 6.45) is 5.37. The summed E-state index contributed by atoms with van der Waals surface area (Å²) in [5.74, 6) is 0. The fourth-order valence-electron chi connectivity index (χ4n) is 11.6. The molecule has 0 aliphatic heterocycles. The van der Waals surface area contributed by atoms with E-state index >= 15 is 0 Å². The van der Waals surface area contributed by atoms with Gasteiger partial charge in [0.2, 0.25) is 0 Å². The van der Waals surface area contributed by atoms with Crippen molar-refractivity contribution in [3.8, 4) is 112 Å². The number of hydrogen-bond acceptors (Lipinski definition) is 3. The van der Waals surface area contributed by atoms with E-state index in [9.17, 15) is 0 Å². The van der Waals surface area contributed by atoms with Crippen LogP contribution in [0, 0.1) is 13.7 Å². The predicted octanol–water partition coefficient (Wildman–Crippen LogP) is 20.6. The zero-order valence-corrected chi connectivity index (χ0v) is 43.5. The molecule has 0 aliphatic rings. The molecule has 3 nitrogen and oxygen atoms in total. The van der Waals surface area contributed by atoms with Crippen LogP contribution < -0.4 is 0 Å². The average molecular weight is 1030 g/mol. The van der Waals surface area contributed by atoms with Crippen molar-refractivity contribution in [2.75, 3.05) is 0 Å². The van der Waals surface area contributed by atoms with Crippen LogP contribution >= 0.6 is 0 Å². The van der Waals surface area contributed by atoms with E-state index in [1.165, 1.54) is 26.9 Å². The summed E-state index contributed by atoms with van der Waals surface area (Å²) in [5.41, 5.74) is 16.2. The molecule has 0 spiro atoms. The molecule has 0 aliphatic carbocycles. The molecule has 0 saturated heterocycles. The molecule has 0 radical (unpaired) electrons. The van der Waals surface area contributed by atoms with E-state index in [0.717, 1.165) is 83.4 Å². The van der Waals surface area contributed by atoms with Gasteiger partial charge in [-0.25, -0.2) is 0 Å². The lowest BCUT2D eigenvalue weighted by Gasteiger charge is -2.20. The fraction of sp³-hybridized carbons (Fsp3) is 0.0260. The van der Waals surface area contributed by atoms with E-state index < -0.39 is 13.7 Å². The van der Waals surface area contributed by atoms with Gasteiger partial charge >= 0.3 is 0 Å². The summed E-state index contributed by atoms with van der Waals surface area (Å²) >= 11 is 0. The topological polar surface area (TPSA) is 38.7 Å². The normalized spacial score (nSPS) is 12.8. The van der Waals surface area contributed by atoms with Crippen molar-refractivity contribution in [2.24, 2.45) is 0 Å². The molecule has 11 aromatic carbocycles. The number of benzene rings is 11. The van der Waals surface area contributed by atoms with Crippen molar-refractivity contribution >= 4 is 32.3 Å². The standard InChI is InChI=1S/C77H53N3/c1-50-40-75(52-22-6-3-7-23-52)78-47-72(50)62-31-15-12-28-59(62)56-42-57(60-29-13-16-32-63(60)73-48-79-76(41-51(73)2)53-24-8-4-9-25-53)44-58(43-56)61-30-14-17-33-64(61)74-49-80-77(54-26-10-5-11-27-54)46-70(74)55-38-39-69-67-36-19-18-34-65(67)66-35-20-21-37-68(66)71(69)45-55/h3-49H,1-2H3/i1D3,2D3. The quantitative estimate of drug-likeness (QED) is 0.128. The van der Waals surface area contributed by atoms with E-state index in [-0.39, 0.29) is 11.1 Å². The van der Waals surface area contributed by atoms with E-state index in [4.69, 9.17) is 23.2 Å². The molecule has 0 amide bonds. The Balaban J connectivity index is 1.01. The van der Waals surface area contributed by atoms with Crippen LogP contribution in [0.25, 0.3) is 144 Å². The van der Waals surface area contributed by atoms with Crippen LogP contribution in [-0.4, -0.2) is 15.0 Å². The van der Waals surface area contributed by atoms with Gasteiger partial charge in [-0.1, -0.05) is 224 Å². The van der Waals surface area contributed by atoms with Gasteiger partial charge in [-0.15, -0.1) is 0 Å². The molecule has 3 heterocycles. The Morgan fingerprint density at radius 1 is 0.212 bits per heavy atom. The Hall–Kier alpha value is -10.4. The molecule has 0 bridgehead atoms. The Morgan fingerprint density at radius 2 is 0.537 bits per heavy atom. The van der Waals surface area contributed by atoms with Gasteiger partial charge in [-0.3, -0.25) is 15.0 Å². The molecule has 80 heavy (non-hydrogen) atoms. The van der Waals surface area contributed by atoms with Crippen LogP contribution in [0.1, 0.15) is 19.4 Å². The minimum absolute atomic E-state index is 0.184. The smallest absolute Gasteiger partial charge is 0.0708 e. The minimum atomic E-state index is -2.49. The molecule has 14 rings (SSSR count). The van der Waals surface area contributed by atoms with Gasteiger partial charge in [0, 0.05) is 60.2 Å². The number of aromatic nitrogens is 3. The summed E-state index contributed by atoms with van der Waals surface area (Å²) in [6, 6.07) is 89.8. The zero-order chi connectivity index (χ0) is 58.5. The van der Waals surface area contributed by atoms with E-state index in [1.54, 1.807) is 24.5 Å². The van der Waals surface area contributed by atoms with Gasteiger partial charge in [0.25, 0.3) is 0 Å². The van der Waals surface area contributed by atoms with Gasteiger partial charge in [0.1, 0.15) is 0 Å². The SMILES string of the molecule is [2H]C([2H])([2H])c1cc(-c2ccccc2)ncc1-c1ccccc1-c1cc(-c2ccccc2-c2cnc(-c3ccccc3)cc2-c2ccc3c4ccccc4c4ccccc4c3c2)cc(-c2ccccc2-c2cnc(-c3ccccc3)cc2C([2H])([2H])[2H])c1. The highest BCUT2D eigenvalue weighted by molar-refractivity contribution is 6.26. The van der Waals surface area contributed by atoms with Crippen molar-refractivity contribution in [3.05, 3.63) is 297 Å². The first-order valence-corrected chi connectivity index (χ1v) is 26.9. The van der Waals surface area contributed by atoms with Crippen LogP contribution in [0.5, 0.6) is 0 Å². The summed E-state index contributed by atoms with van der Waals surface area (Å²) in [6.45, 7) is -4.98. The van der Waals surface area contributed by atoms with Gasteiger partial charge in [-0.05, 0) is 161 Å². The zero-order valence-electron chi connectivity index (χ0n) is 49.5. The lowest BCUT2D eigenvalue weighted by Crippen LogP contribution is -1.96. The number of aryl methyl sites for hydroxylation is 2. The molecule has 0 saturated carbocycles. The molecule has 0 atom stereocenters. The highest BCUT2D eigenvalue weighted by Gasteiger charge is 2.21. The number of pyridine rings is 3. The first-order chi connectivity index (χ1) is 41.9. The Bertz CT molecular complexity index is 4710. The second kappa shape index (κ2) is 20.5. The van der Waals surface area contributed by atoms with Crippen LogP contribution in [0.3, 0.4) is 0 Å². The van der Waals surface area contributed by atoms with Crippen molar-refractivity contribution in [3.63, 3.8) is 0 Å². The van der Waals surface area contributed by atoms with Gasteiger partial charge in [-0.2, -0.15) is 0 Å². The molecule has 0 N–H and O–H groups in total. The second-order valence-corrected chi connectivity index (χ2v) is 20.2. The number of rotatable bonds is 10. The number of fused-ring (bicyclic) bond motifs is 6. The minimum Gasteiger partial charge on any atom is -0.256 e. The Labute approximate surface area is 475 Å². The highest BCUT2D eigenvalue weighted by atomic mass is 14.7. The van der Waals surface area contributed by atoms with Gasteiger partial charge in [0.05, 0.1) is 17.1 Å². The highest BCUT2D eigenvalue weighted by Crippen LogP contribution is 2.46. The Kier molecular flexibility index (Phi) is 10.7. The maximum atomic E-state index is 8.93. The fourth-order valence-corrected chi connectivity index (χ4v) is 11.6. The van der Waals surface area contributed by atoms with Crippen molar-refractivity contribution < 1.29 is 8.22 Å². The molecule has 0 fully saturated rings. The number of hydrogen-bond donors (Lipinski definition) is 0. The van der Waals surface area contributed by atoms with Crippen LogP contribution in [0.4, 0.5) is 0 Å². The van der Waals surface area contributed by atoms with Crippen molar-refractivity contribution in [2.45, 2.75) is 13.7 Å². The monoisotopic (exact) mass is 1030 g/mol. The lowest BCUT2D eigenvalue weighted by atomic mass is 9.84. The van der Waals surface area contributed by atoms with Crippen LogP contribution in [0.15, 0.2) is 286 Å². The predicted molar refractivity (Wildman–Crippen MR) is 336 cm³/mol. The molecule has 3 aromatic heterocycles. The van der Waals surface area contributed by atoms with Gasteiger partial charge in [0.15, 0.2) is 0 Å². The molecular weight excluding hydrogens is 967 g/mol. The molecule has 376 valence electrons. The third-order valence-corrected chi connectivity index (χ3v) is 15.5. The first kappa shape index (κ1) is 41.8. The molecule has 3 heteroatoms. The van der Waals surface area contributed by atoms with Gasteiger partial charge < -0.3 is 0 Å². The third kappa shape index (κ3) is 8.81. The van der Waals surface area contributed by atoms with E-state index in [1.807, 2.05) is 134 Å². The third-order valence-electron chi connectivity index (χ3n) is 15.5. The summed E-state index contributed by atoms with van der Waals surface area (Å²) < 4.78 is 53.6. The van der Waals surface area contributed by atoms with E-state index in [2.05, 4.69) is 127 Å². The summed E-state index contributed by atoms with van der Waals surface area (Å²) in [5, 5.41) is 7.11. The molecule has 14 aromatic rings. The summed E-state index contributed by atoms with van der Waals surface area (Å²) in [4.78, 5) is 15.0. The summed E-state index contributed by atoms with van der Waals surface area (Å²) in [7, 11) is 0. The van der Waals surface area contributed by atoms with Crippen LogP contribution in [-0.2, 0) is 0 Å². The first-order valence-electron chi connectivity index (χ1n) is 29.9. The second-order valence-electron chi connectivity index (χ2n) is 20.2. The molecule has 0 unspecified atom stereocenters. The van der Waals surface area contributed by atoms with E-state index in [0.29, 0.717) is 33.6 Å². The maximum absolute atomic E-state index is 8.93. The van der Waals surface area contributed by atoms with Crippen molar-refractivity contribution in [1.29, 1.82) is 0 Å². The number of nitrogens with zero attached hydrogens (tertiary/aromatic N) is 3. The largest absolute Gasteiger partial charge is 0.256 e. The van der Waals surface area contributed by atoms with Crippen LogP contribution in [0.2, 0.25) is 0 Å². The average Bonchev–Trinajstić information content (AvgIpc) is 1.00. The molecular formula is C77H53N3. The lowest BCUT2D eigenvalue weighted by molar-refractivity contribution is 1.29.